The average molecular weight is 361 g/mol. The van der Waals surface area contributed by atoms with Crippen LogP contribution in [0.4, 0.5) is 0 Å². The monoisotopic (exact) mass is 361 g/mol. The quantitative estimate of drug-likeness (QED) is 0.677. The molecule has 1 atom stereocenters. The van der Waals surface area contributed by atoms with Gasteiger partial charge in [0.2, 0.25) is 0 Å². The number of hydrogen-bond donors (Lipinski definition) is 0. The second-order valence-electron chi connectivity index (χ2n) is 7.18. The Hall–Kier alpha value is -2.50. The molecule has 1 aromatic carbocycles. The summed E-state index contributed by atoms with van der Waals surface area (Å²) in [5.74, 6) is 0. The summed E-state index contributed by atoms with van der Waals surface area (Å²) in [6, 6.07) is 17.4. The van der Waals surface area contributed by atoms with Crippen LogP contribution in [0, 0.1) is 0 Å². The molecule has 3 aromatic rings. The molecule has 1 fully saturated rings. The van der Waals surface area contributed by atoms with E-state index in [4.69, 9.17) is 0 Å². The van der Waals surface area contributed by atoms with Crippen molar-refractivity contribution in [3.63, 3.8) is 0 Å². The van der Waals surface area contributed by atoms with E-state index in [1.165, 1.54) is 16.8 Å². The molecule has 5 heteroatoms. The Morgan fingerprint density at radius 3 is 2.41 bits per heavy atom. The van der Waals surface area contributed by atoms with Crippen LogP contribution in [0.15, 0.2) is 67.1 Å². The van der Waals surface area contributed by atoms with Crippen molar-refractivity contribution < 1.29 is 0 Å². The zero-order chi connectivity index (χ0) is 18.5. The Bertz CT molecular complexity index is 822. The third-order valence-corrected chi connectivity index (χ3v) is 5.47. The van der Waals surface area contributed by atoms with E-state index in [1.54, 1.807) is 0 Å². The minimum atomic E-state index is 0.263. The fraction of sp³-hybridized carbons (Fsp3) is 0.364. The molecule has 1 aliphatic rings. The maximum atomic E-state index is 4.41. The molecule has 1 aliphatic heterocycles. The van der Waals surface area contributed by atoms with Crippen LogP contribution < -0.4 is 0 Å². The Balaban J connectivity index is 1.42. The van der Waals surface area contributed by atoms with Crippen LogP contribution in [0.25, 0.3) is 0 Å². The molecule has 1 saturated heterocycles. The number of hydrogen-bond acceptors (Lipinski definition) is 4. The van der Waals surface area contributed by atoms with Gasteiger partial charge in [-0.25, -0.2) is 0 Å². The number of nitrogens with zero attached hydrogens (tertiary/aromatic N) is 5. The molecule has 0 aliphatic carbocycles. The lowest BCUT2D eigenvalue weighted by Crippen LogP contribution is -2.48. The van der Waals surface area contributed by atoms with Crippen molar-refractivity contribution in [1.29, 1.82) is 0 Å². The van der Waals surface area contributed by atoms with Crippen molar-refractivity contribution in [3.05, 3.63) is 83.9 Å². The van der Waals surface area contributed by atoms with E-state index in [0.29, 0.717) is 0 Å². The van der Waals surface area contributed by atoms with Crippen molar-refractivity contribution >= 4 is 0 Å². The van der Waals surface area contributed by atoms with Gasteiger partial charge < -0.3 is 4.90 Å². The van der Waals surface area contributed by atoms with Crippen LogP contribution in [0.2, 0.25) is 0 Å². The molecule has 5 nitrogen and oxygen atoms in total. The predicted molar refractivity (Wildman–Crippen MR) is 107 cm³/mol. The molecule has 1 unspecified atom stereocenters. The van der Waals surface area contributed by atoms with Crippen LogP contribution in [0.5, 0.6) is 0 Å². The SMILES string of the molecule is Cn1nccc1C(c1ccccc1)N1CCN(CCc2cccnc2)CC1. The highest BCUT2D eigenvalue weighted by Crippen LogP contribution is 2.29. The first-order valence-electron chi connectivity index (χ1n) is 9.69. The highest BCUT2D eigenvalue weighted by Gasteiger charge is 2.28. The van der Waals surface area contributed by atoms with Gasteiger partial charge in [-0.1, -0.05) is 36.4 Å². The molecule has 0 spiro atoms. The molecule has 0 amide bonds. The minimum absolute atomic E-state index is 0.263. The number of aromatic nitrogens is 3. The first-order valence-corrected chi connectivity index (χ1v) is 9.69. The second kappa shape index (κ2) is 8.46. The molecule has 2 aromatic heterocycles. The maximum absolute atomic E-state index is 4.41. The number of piperazine rings is 1. The maximum Gasteiger partial charge on any atom is 0.0774 e. The summed E-state index contributed by atoms with van der Waals surface area (Å²) in [6.45, 7) is 5.43. The Morgan fingerprint density at radius 1 is 0.926 bits per heavy atom. The van der Waals surface area contributed by atoms with Gasteiger partial charge in [-0.05, 0) is 29.7 Å². The Morgan fingerprint density at radius 2 is 1.74 bits per heavy atom. The lowest BCUT2D eigenvalue weighted by atomic mass is 10.0. The van der Waals surface area contributed by atoms with Crippen molar-refractivity contribution in [2.24, 2.45) is 7.05 Å². The fourth-order valence-electron chi connectivity index (χ4n) is 3.93. The summed E-state index contributed by atoms with van der Waals surface area (Å²) in [6.07, 6.45) is 6.78. The van der Waals surface area contributed by atoms with Gasteiger partial charge in [-0.2, -0.15) is 5.10 Å². The predicted octanol–water partition coefficient (Wildman–Crippen LogP) is 2.76. The molecule has 0 bridgehead atoms. The highest BCUT2D eigenvalue weighted by molar-refractivity contribution is 5.28. The van der Waals surface area contributed by atoms with Crippen LogP contribution in [-0.2, 0) is 13.5 Å². The van der Waals surface area contributed by atoms with E-state index < -0.39 is 0 Å². The van der Waals surface area contributed by atoms with Crippen molar-refractivity contribution in [2.75, 3.05) is 32.7 Å². The molecule has 0 saturated carbocycles. The summed E-state index contributed by atoms with van der Waals surface area (Å²) < 4.78 is 2.01. The van der Waals surface area contributed by atoms with E-state index in [9.17, 15) is 0 Å². The van der Waals surface area contributed by atoms with Gasteiger partial charge in [-0.3, -0.25) is 14.6 Å². The van der Waals surface area contributed by atoms with Gasteiger partial charge in [0.1, 0.15) is 0 Å². The lowest BCUT2D eigenvalue weighted by Gasteiger charge is -2.39. The first-order chi connectivity index (χ1) is 13.3. The topological polar surface area (TPSA) is 37.2 Å². The zero-order valence-electron chi connectivity index (χ0n) is 15.9. The third-order valence-electron chi connectivity index (χ3n) is 5.47. The summed E-state index contributed by atoms with van der Waals surface area (Å²) in [7, 11) is 2.04. The molecule has 0 N–H and O–H groups in total. The number of aryl methyl sites for hydroxylation is 1. The summed E-state index contributed by atoms with van der Waals surface area (Å²) in [5.41, 5.74) is 3.91. The summed E-state index contributed by atoms with van der Waals surface area (Å²) >= 11 is 0. The van der Waals surface area contributed by atoms with Crippen molar-refractivity contribution in [3.8, 4) is 0 Å². The van der Waals surface area contributed by atoms with Crippen molar-refractivity contribution in [1.82, 2.24) is 24.6 Å². The molecule has 4 rings (SSSR count). The van der Waals surface area contributed by atoms with Gasteiger partial charge in [0, 0.05) is 58.4 Å². The third kappa shape index (κ3) is 4.26. The van der Waals surface area contributed by atoms with Crippen LogP contribution in [0.3, 0.4) is 0 Å². The van der Waals surface area contributed by atoms with E-state index in [0.717, 1.165) is 39.1 Å². The molecule has 140 valence electrons. The van der Waals surface area contributed by atoms with E-state index in [1.807, 2.05) is 36.4 Å². The van der Waals surface area contributed by atoms with Gasteiger partial charge >= 0.3 is 0 Å². The number of rotatable bonds is 6. The van der Waals surface area contributed by atoms with Crippen LogP contribution in [0.1, 0.15) is 22.9 Å². The molecule has 3 heterocycles. The van der Waals surface area contributed by atoms with Gasteiger partial charge in [0.25, 0.3) is 0 Å². The van der Waals surface area contributed by atoms with E-state index >= 15 is 0 Å². The minimum Gasteiger partial charge on any atom is -0.300 e. The van der Waals surface area contributed by atoms with E-state index in [2.05, 4.69) is 62.3 Å². The number of pyridine rings is 1. The number of benzene rings is 1. The molecular formula is C22H27N5. The van der Waals surface area contributed by atoms with Crippen LogP contribution >= 0.6 is 0 Å². The normalized spacial score (nSPS) is 17.1. The largest absolute Gasteiger partial charge is 0.300 e. The smallest absolute Gasteiger partial charge is 0.0774 e. The van der Waals surface area contributed by atoms with Gasteiger partial charge in [-0.15, -0.1) is 0 Å². The molecule has 0 radical (unpaired) electrons. The average Bonchev–Trinajstić information content (AvgIpc) is 3.15. The fourth-order valence-corrected chi connectivity index (χ4v) is 3.93. The Kier molecular flexibility index (Phi) is 5.61. The standard InChI is InChI=1S/C22H27N5/c1-25-21(9-12-24-25)22(20-7-3-2-4-8-20)27-16-14-26(15-17-27)13-10-19-6-5-11-23-18-19/h2-9,11-12,18,22H,10,13-17H2,1H3. The summed E-state index contributed by atoms with van der Waals surface area (Å²) in [4.78, 5) is 9.37. The van der Waals surface area contributed by atoms with Crippen LogP contribution in [-0.4, -0.2) is 57.3 Å². The zero-order valence-corrected chi connectivity index (χ0v) is 15.9. The van der Waals surface area contributed by atoms with Gasteiger partial charge in [0.15, 0.2) is 0 Å². The van der Waals surface area contributed by atoms with Crippen molar-refractivity contribution in [2.45, 2.75) is 12.5 Å². The van der Waals surface area contributed by atoms with Gasteiger partial charge in [0.05, 0.1) is 11.7 Å². The Labute approximate surface area is 161 Å². The highest BCUT2D eigenvalue weighted by atomic mass is 15.3. The lowest BCUT2D eigenvalue weighted by molar-refractivity contribution is 0.107. The summed E-state index contributed by atoms with van der Waals surface area (Å²) in [5, 5.41) is 4.41. The molecule has 27 heavy (non-hydrogen) atoms. The van der Waals surface area contributed by atoms with E-state index in [-0.39, 0.29) is 6.04 Å². The second-order valence-corrected chi connectivity index (χ2v) is 7.18. The first kappa shape index (κ1) is 17.9. The molecular weight excluding hydrogens is 334 g/mol.